The topological polar surface area (TPSA) is 117 Å². The number of aryl methyl sites for hydroxylation is 1. The van der Waals surface area contributed by atoms with Crippen LogP contribution in [-0.2, 0) is 22.7 Å². The quantitative estimate of drug-likeness (QED) is 0.354. The summed E-state index contributed by atoms with van der Waals surface area (Å²) in [5.41, 5.74) is 0.179. The molecule has 2 heterocycles. The Hall–Kier alpha value is -3.27. The Bertz CT molecular complexity index is 976. The highest BCUT2D eigenvalue weighted by atomic mass is 32.1. The number of nitrogens with zero attached hydrogens (tertiary/aromatic N) is 3. The molecule has 3 rings (SSSR count). The third-order valence-corrected chi connectivity index (χ3v) is 4.30. The fourth-order valence-electron chi connectivity index (χ4n) is 2.19. The minimum Gasteiger partial charge on any atom is -0.460 e. The first-order chi connectivity index (χ1) is 12.5. The number of nitro benzene ring substituents is 1. The van der Waals surface area contributed by atoms with Gasteiger partial charge in [-0.3, -0.25) is 14.9 Å². The van der Waals surface area contributed by atoms with Crippen molar-refractivity contribution in [3.05, 3.63) is 68.0 Å². The van der Waals surface area contributed by atoms with Gasteiger partial charge in [-0.05, 0) is 17.5 Å². The number of esters is 1. The van der Waals surface area contributed by atoms with Gasteiger partial charge in [-0.1, -0.05) is 18.2 Å². The van der Waals surface area contributed by atoms with E-state index in [1.807, 2.05) is 5.38 Å². The van der Waals surface area contributed by atoms with Crippen LogP contribution in [0, 0.1) is 10.1 Å². The molecule has 0 unspecified atom stereocenters. The monoisotopic (exact) mass is 375 g/mol. The number of nitro groups is 1. The molecule has 0 N–H and O–H groups in total. The summed E-state index contributed by atoms with van der Waals surface area (Å²) < 4.78 is 11.1. The molecule has 3 aromatic rings. The third-order valence-electron chi connectivity index (χ3n) is 3.44. The molecule has 134 valence electrons. The predicted octanol–water partition coefficient (Wildman–Crippen LogP) is 2.61. The van der Waals surface area contributed by atoms with Crippen molar-refractivity contribution in [3.63, 3.8) is 0 Å². The molecule has 26 heavy (non-hydrogen) atoms. The lowest BCUT2D eigenvalue weighted by Gasteiger charge is -2.05. The van der Waals surface area contributed by atoms with E-state index in [9.17, 15) is 19.7 Å². The second kappa shape index (κ2) is 7.74. The zero-order chi connectivity index (χ0) is 18.5. The molecule has 0 saturated heterocycles. The Balaban J connectivity index is 1.57. The number of carbonyl (C=O) groups is 1. The third kappa shape index (κ3) is 4.03. The first-order valence-corrected chi connectivity index (χ1v) is 8.42. The van der Waals surface area contributed by atoms with Crippen LogP contribution in [0.2, 0.25) is 0 Å². The van der Waals surface area contributed by atoms with Crippen molar-refractivity contribution < 1.29 is 18.9 Å². The van der Waals surface area contributed by atoms with Gasteiger partial charge in [0.1, 0.15) is 6.61 Å². The lowest BCUT2D eigenvalue weighted by molar-refractivity contribution is -0.385. The average molecular weight is 375 g/mol. The van der Waals surface area contributed by atoms with Crippen LogP contribution < -0.4 is 5.76 Å². The molecule has 9 nitrogen and oxygen atoms in total. The van der Waals surface area contributed by atoms with E-state index in [1.54, 1.807) is 18.2 Å². The van der Waals surface area contributed by atoms with Crippen molar-refractivity contribution in [2.24, 2.45) is 0 Å². The molecule has 0 saturated carbocycles. The standard InChI is InChI=1S/C16H13N3O6S/c20-14(24-10-11-4-1-2-5-12(11)19(22)23)7-8-18-16(21)25-15(17-18)13-6-3-9-26-13/h1-6,9H,7-8,10H2. The van der Waals surface area contributed by atoms with Gasteiger partial charge in [0, 0.05) is 6.07 Å². The number of thiophene rings is 1. The Morgan fingerprint density at radius 3 is 2.85 bits per heavy atom. The van der Waals surface area contributed by atoms with Crippen LogP contribution in [0.15, 0.2) is 51.0 Å². The molecule has 0 aliphatic carbocycles. The van der Waals surface area contributed by atoms with E-state index in [0.29, 0.717) is 10.4 Å². The van der Waals surface area contributed by atoms with E-state index >= 15 is 0 Å². The van der Waals surface area contributed by atoms with Crippen molar-refractivity contribution in [2.75, 3.05) is 0 Å². The van der Waals surface area contributed by atoms with Crippen LogP contribution >= 0.6 is 11.3 Å². The molecular weight excluding hydrogens is 362 g/mol. The van der Waals surface area contributed by atoms with Gasteiger partial charge in [0.15, 0.2) is 0 Å². The van der Waals surface area contributed by atoms with Crippen LogP contribution in [0.1, 0.15) is 12.0 Å². The number of carbonyl (C=O) groups excluding carboxylic acids is 1. The maximum atomic E-state index is 11.9. The summed E-state index contributed by atoms with van der Waals surface area (Å²) in [5, 5.41) is 16.8. The number of hydrogen-bond donors (Lipinski definition) is 0. The van der Waals surface area contributed by atoms with Gasteiger partial charge in [0.25, 0.3) is 11.6 Å². The molecule has 0 amide bonds. The van der Waals surface area contributed by atoms with Gasteiger partial charge in [-0.2, -0.15) is 4.68 Å². The summed E-state index contributed by atoms with van der Waals surface area (Å²) in [6.07, 6.45) is -0.114. The Morgan fingerprint density at radius 2 is 2.12 bits per heavy atom. The van der Waals surface area contributed by atoms with Crippen LogP contribution in [0.3, 0.4) is 0 Å². The molecule has 0 fully saturated rings. The second-order valence-corrected chi connectivity index (χ2v) is 6.12. The summed E-state index contributed by atoms with van der Waals surface area (Å²) in [6, 6.07) is 9.58. The smallest absolute Gasteiger partial charge is 0.437 e. The molecule has 0 atom stereocenters. The van der Waals surface area contributed by atoms with Gasteiger partial charge >= 0.3 is 11.7 Å². The minimum atomic E-state index is -0.667. The summed E-state index contributed by atoms with van der Waals surface area (Å²) in [7, 11) is 0. The van der Waals surface area contributed by atoms with Crippen molar-refractivity contribution in [3.8, 4) is 10.8 Å². The van der Waals surface area contributed by atoms with E-state index in [-0.39, 0.29) is 31.2 Å². The lowest BCUT2D eigenvalue weighted by atomic mass is 10.2. The van der Waals surface area contributed by atoms with Crippen molar-refractivity contribution in [2.45, 2.75) is 19.6 Å². The fourth-order valence-corrected chi connectivity index (χ4v) is 2.83. The molecule has 0 bridgehead atoms. The maximum absolute atomic E-state index is 11.9. The zero-order valence-electron chi connectivity index (χ0n) is 13.4. The van der Waals surface area contributed by atoms with Crippen LogP contribution in [0.25, 0.3) is 10.8 Å². The van der Waals surface area contributed by atoms with Gasteiger partial charge in [0.05, 0.1) is 28.3 Å². The summed E-state index contributed by atoms with van der Waals surface area (Å²) in [5.74, 6) is -1.08. The molecule has 0 aliphatic rings. The number of benzene rings is 1. The van der Waals surface area contributed by atoms with Gasteiger partial charge in [-0.15, -0.1) is 16.4 Å². The summed E-state index contributed by atoms with van der Waals surface area (Å²) in [4.78, 5) is 34.7. The highest BCUT2D eigenvalue weighted by Gasteiger charge is 2.15. The van der Waals surface area contributed by atoms with Gasteiger partial charge in [-0.25, -0.2) is 4.79 Å². The lowest BCUT2D eigenvalue weighted by Crippen LogP contribution is -2.19. The van der Waals surface area contributed by atoms with Crippen molar-refractivity contribution >= 4 is 23.0 Å². The zero-order valence-corrected chi connectivity index (χ0v) is 14.2. The van der Waals surface area contributed by atoms with Crippen molar-refractivity contribution in [1.29, 1.82) is 0 Å². The second-order valence-electron chi connectivity index (χ2n) is 5.17. The molecule has 0 radical (unpaired) electrons. The molecule has 0 spiro atoms. The molecule has 2 aromatic heterocycles. The normalized spacial score (nSPS) is 10.6. The number of para-hydroxylation sites is 1. The molecule has 0 aliphatic heterocycles. The molecule has 1 aromatic carbocycles. The van der Waals surface area contributed by atoms with E-state index in [2.05, 4.69) is 5.10 Å². The highest BCUT2D eigenvalue weighted by Crippen LogP contribution is 2.21. The van der Waals surface area contributed by atoms with E-state index in [1.165, 1.54) is 29.5 Å². The number of aromatic nitrogens is 2. The van der Waals surface area contributed by atoms with Crippen LogP contribution in [-0.4, -0.2) is 20.7 Å². The predicted molar refractivity (Wildman–Crippen MR) is 91.6 cm³/mol. The van der Waals surface area contributed by atoms with E-state index in [4.69, 9.17) is 9.15 Å². The number of hydrogen-bond acceptors (Lipinski definition) is 8. The van der Waals surface area contributed by atoms with Crippen molar-refractivity contribution in [1.82, 2.24) is 9.78 Å². The largest absolute Gasteiger partial charge is 0.460 e. The SMILES string of the molecule is O=C(CCn1nc(-c2cccs2)oc1=O)OCc1ccccc1[N+](=O)[O-]. The van der Waals surface area contributed by atoms with Crippen LogP contribution in [0.5, 0.6) is 0 Å². The summed E-state index contributed by atoms with van der Waals surface area (Å²) >= 11 is 1.38. The summed E-state index contributed by atoms with van der Waals surface area (Å²) in [6.45, 7) is -0.229. The molecule has 10 heteroatoms. The molecular formula is C16H13N3O6S. The van der Waals surface area contributed by atoms with Gasteiger partial charge < -0.3 is 9.15 Å². The maximum Gasteiger partial charge on any atom is 0.437 e. The first kappa shape index (κ1) is 17.5. The van der Waals surface area contributed by atoms with Crippen LogP contribution in [0.4, 0.5) is 5.69 Å². The fraction of sp³-hybridized carbons (Fsp3) is 0.188. The van der Waals surface area contributed by atoms with Gasteiger partial charge in [0.2, 0.25) is 0 Å². The Morgan fingerprint density at radius 1 is 1.31 bits per heavy atom. The average Bonchev–Trinajstić information content (AvgIpc) is 3.28. The Kier molecular flexibility index (Phi) is 5.23. The highest BCUT2D eigenvalue weighted by molar-refractivity contribution is 7.13. The number of rotatable bonds is 7. The van der Waals surface area contributed by atoms with E-state index in [0.717, 1.165) is 4.68 Å². The minimum absolute atomic E-state index is 0.0105. The van der Waals surface area contributed by atoms with E-state index < -0.39 is 16.6 Å². The first-order valence-electron chi connectivity index (χ1n) is 7.54. The number of ether oxygens (including phenoxy) is 1. The Labute approximate surface area is 150 Å².